The zero-order chi connectivity index (χ0) is 20.7. The number of nitrogens with zero attached hydrogens (tertiary/aromatic N) is 5. The van der Waals surface area contributed by atoms with E-state index in [0.29, 0.717) is 50.8 Å². The summed E-state index contributed by atoms with van der Waals surface area (Å²) >= 11 is 0. The van der Waals surface area contributed by atoms with Crippen molar-refractivity contribution in [2.75, 3.05) is 62.8 Å². The molecule has 4 rings (SSSR count). The van der Waals surface area contributed by atoms with Crippen molar-refractivity contribution in [3.05, 3.63) is 28.3 Å². The average molecular weight is 403 g/mol. The Kier molecular flexibility index (Phi) is 4.84. The van der Waals surface area contributed by atoms with Crippen molar-refractivity contribution in [3.8, 4) is 5.75 Å². The van der Waals surface area contributed by atoms with Gasteiger partial charge in [0.05, 0.1) is 31.1 Å². The number of aromatic carboxylic acids is 1. The molecule has 2 fully saturated rings. The number of ether oxygens (including phenoxy) is 1. The van der Waals surface area contributed by atoms with E-state index in [-0.39, 0.29) is 18.1 Å². The van der Waals surface area contributed by atoms with Gasteiger partial charge in [0, 0.05) is 32.4 Å². The molecule has 0 radical (unpaired) electrons. The summed E-state index contributed by atoms with van der Waals surface area (Å²) in [6, 6.07) is 1.74. The zero-order valence-corrected chi connectivity index (χ0v) is 15.9. The van der Waals surface area contributed by atoms with Crippen molar-refractivity contribution in [1.82, 2.24) is 14.3 Å². The van der Waals surface area contributed by atoms with Gasteiger partial charge < -0.3 is 24.7 Å². The third-order valence-electron chi connectivity index (χ3n) is 5.15. The summed E-state index contributed by atoms with van der Waals surface area (Å²) in [5.41, 5.74) is -0.622. The zero-order valence-electron chi connectivity index (χ0n) is 15.9. The van der Waals surface area contributed by atoms with Crippen molar-refractivity contribution in [2.24, 2.45) is 0 Å². The normalized spacial score (nSPS) is 18.4. The van der Waals surface area contributed by atoms with Crippen molar-refractivity contribution >= 4 is 28.9 Å². The molecule has 0 bridgehead atoms. The number of aromatic hydroxyl groups is 1. The molecule has 2 aromatic heterocycles. The second kappa shape index (κ2) is 7.33. The lowest BCUT2D eigenvalue weighted by atomic mass is 10.2. The minimum atomic E-state index is -1.52. The van der Waals surface area contributed by atoms with Gasteiger partial charge in [-0.15, -0.1) is 0 Å². The predicted molar refractivity (Wildman–Crippen MR) is 103 cm³/mol. The number of carbonyl (C=O) groups is 2. The van der Waals surface area contributed by atoms with E-state index in [1.54, 1.807) is 6.07 Å². The summed E-state index contributed by atoms with van der Waals surface area (Å²) in [7, 11) is 1.83. The maximum absolute atomic E-state index is 12.7. The highest BCUT2D eigenvalue weighted by Gasteiger charge is 2.28. The predicted octanol–water partition coefficient (Wildman–Crippen LogP) is -0.787. The summed E-state index contributed by atoms with van der Waals surface area (Å²) in [6.07, 6.45) is 1.51. The summed E-state index contributed by atoms with van der Waals surface area (Å²) < 4.78 is 6.48. The number of aromatic nitrogens is 2. The molecule has 4 heterocycles. The van der Waals surface area contributed by atoms with Gasteiger partial charge in [0.2, 0.25) is 11.7 Å². The van der Waals surface area contributed by atoms with Gasteiger partial charge in [-0.1, -0.05) is 0 Å². The Hall–Kier alpha value is -3.18. The van der Waals surface area contributed by atoms with E-state index in [1.165, 1.54) is 11.1 Å². The summed E-state index contributed by atoms with van der Waals surface area (Å²) in [6.45, 7) is 3.44. The van der Waals surface area contributed by atoms with Crippen LogP contribution in [0.4, 0.5) is 11.4 Å². The maximum atomic E-state index is 12.7. The van der Waals surface area contributed by atoms with Gasteiger partial charge in [0.25, 0.3) is 0 Å². The van der Waals surface area contributed by atoms with Crippen LogP contribution in [0.25, 0.3) is 5.65 Å². The number of likely N-dealkylation sites (N-methyl/N-ethyl adjacent to an activating group) is 1. The smallest absolute Gasteiger partial charge is 0.358 e. The third-order valence-corrected chi connectivity index (χ3v) is 5.15. The van der Waals surface area contributed by atoms with E-state index in [0.717, 1.165) is 4.40 Å². The topological polar surface area (TPSA) is 128 Å². The first-order valence-electron chi connectivity index (χ1n) is 9.21. The number of pyridine rings is 1. The summed E-state index contributed by atoms with van der Waals surface area (Å²) in [5.74, 6) is -2.64. The SMILES string of the molecule is CN1CCN(c2cc(N3CCOCC3)cn3c(=O)c(O)c(C(=O)O)nc23)C(=O)C1. The lowest BCUT2D eigenvalue weighted by molar-refractivity contribution is -0.120. The number of hydrogen-bond donors (Lipinski definition) is 2. The molecule has 2 saturated heterocycles. The fourth-order valence-corrected chi connectivity index (χ4v) is 3.59. The van der Waals surface area contributed by atoms with Crippen molar-refractivity contribution in [3.63, 3.8) is 0 Å². The first-order chi connectivity index (χ1) is 13.9. The van der Waals surface area contributed by atoms with Gasteiger partial charge in [-0.2, -0.15) is 0 Å². The molecule has 154 valence electrons. The summed E-state index contributed by atoms with van der Waals surface area (Å²) in [4.78, 5) is 46.2. The third kappa shape index (κ3) is 3.38. The molecule has 11 heteroatoms. The number of anilines is 2. The van der Waals surface area contributed by atoms with E-state index >= 15 is 0 Å². The van der Waals surface area contributed by atoms with Crippen LogP contribution in [0, 0.1) is 0 Å². The van der Waals surface area contributed by atoms with E-state index < -0.39 is 23.0 Å². The monoisotopic (exact) mass is 403 g/mol. The molecule has 29 heavy (non-hydrogen) atoms. The molecule has 0 spiro atoms. The molecule has 0 unspecified atom stereocenters. The van der Waals surface area contributed by atoms with Crippen LogP contribution >= 0.6 is 0 Å². The molecule has 1 amide bonds. The number of carbonyl (C=O) groups excluding carboxylic acids is 1. The Morgan fingerprint density at radius 1 is 1.17 bits per heavy atom. The van der Waals surface area contributed by atoms with Gasteiger partial charge in [-0.3, -0.25) is 18.9 Å². The van der Waals surface area contributed by atoms with Crippen LogP contribution in [-0.2, 0) is 9.53 Å². The standard InChI is InChI=1S/C18H21N5O6/c1-20-2-3-22(13(24)10-20)12-8-11(21-4-6-29-7-5-21)9-23-16(12)19-14(18(27)28)15(25)17(23)26/h8-9,25H,2-7,10H2,1H3,(H,27,28). The Morgan fingerprint density at radius 2 is 1.90 bits per heavy atom. The number of fused-ring (bicyclic) bond motifs is 1. The van der Waals surface area contributed by atoms with Crippen molar-refractivity contribution < 1.29 is 24.5 Å². The van der Waals surface area contributed by atoms with Gasteiger partial charge in [0.15, 0.2) is 11.3 Å². The maximum Gasteiger partial charge on any atom is 0.358 e. The Balaban J connectivity index is 1.95. The number of carboxylic acid groups (broad SMARTS) is 1. The van der Waals surface area contributed by atoms with E-state index in [4.69, 9.17) is 4.74 Å². The molecule has 2 aliphatic rings. The lowest BCUT2D eigenvalue weighted by Gasteiger charge is -2.34. The number of piperazine rings is 1. The molecule has 0 aliphatic carbocycles. The number of rotatable bonds is 3. The van der Waals surface area contributed by atoms with Crippen molar-refractivity contribution in [2.45, 2.75) is 0 Å². The van der Waals surface area contributed by atoms with Gasteiger partial charge in [0.1, 0.15) is 0 Å². The fourth-order valence-electron chi connectivity index (χ4n) is 3.59. The largest absolute Gasteiger partial charge is 0.501 e. The number of amides is 1. The molecule has 2 aromatic rings. The quantitative estimate of drug-likeness (QED) is 0.678. The fraction of sp³-hybridized carbons (Fsp3) is 0.444. The first kappa shape index (κ1) is 19.2. The molecular formula is C18H21N5O6. The molecular weight excluding hydrogens is 382 g/mol. The van der Waals surface area contributed by atoms with Crippen LogP contribution in [0.15, 0.2) is 17.1 Å². The highest BCUT2D eigenvalue weighted by Crippen LogP contribution is 2.29. The second-order valence-electron chi connectivity index (χ2n) is 7.08. The molecule has 0 saturated carbocycles. The van der Waals surface area contributed by atoms with Crippen LogP contribution in [-0.4, -0.2) is 89.4 Å². The Labute approximate surface area is 165 Å². The molecule has 2 N–H and O–H groups in total. The van der Waals surface area contributed by atoms with E-state index in [1.807, 2.05) is 16.8 Å². The molecule has 11 nitrogen and oxygen atoms in total. The van der Waals surface area contributed by atoms with Crippen LogP contribution in [0.5, 0.6) is 5.75 Å². The minimum Gasteiger partial charge on any atom is -0.501 e. The van der Waals surface area contributed by atoms with Crippen LogP contribution in [0.3, 0.4) is 0 Å². The van der Waals surface area contributed by atoms with Crippen LogP contribution in [0.2, 0.25) is 0 Å². The molecule has 0 aromatic carbocycles. The average Bonchev–Trinajstić information content (AvgIpc) is 2.70. The molecule has 0 atom stereocenters. The number of morpholine rings is 1. The Bertz CT molecular complexity index is 1050. The molecule has 2 aliphatic heterocycles. The second-order valence-corrected chi connectivity index (χ2v) is 7.08. The minimum absolute atomic E-state index is 0.0140. The number of hydrogen-bond acceptors (Lipinski definition) is 8. The Morgan fingerprint density at radius 3 is 2.55 bits per heavy atom. The van der Waals surface area contributed by atoms with Crippen LogP contribution < -0.4 is 15.4 Å². The summed E-state index contributed by atoms with van der Waals surface area (Å²) in [5, 5.41) is 19.4. The first-order valence-corrected chi connectivity index (χ1v) is 9.21. The van der Waals surface area contributed by atoms with Gasteiger partial charge >= 0.3 is 11.5 Å². The van der Waals surface area contributed by atoms with Gasteiger partial charge in [-0.05, 0) is 13.1 Å². The van der Waals surface area contributed by atoms with E-state index in [2.05, 4.69) is 4.98 Å². The van der Waals surface area contributed by atoms with E-state index in [9.17, 15) is 24.6 Å². The van der Waals surface area contributed by atoms with Crippen molar-refractivity contribution in [1.29, 1.82) is 0 Å². The highest BCUT2D eigenvalue weighted by atomic mass is 16.5. The lowest BCUT2D eigenvalue weighted by Crippen LogP contribution is -2.49. The highest BCUT2D eigenvalue weighted by molar-refractivity contribution is 6.00. The number of carboxylic acids is 1. The van der Waals surface area contributed by atoms with Crippen LogP contribution in [0.1, 0.15) is 10.5 Å². The van der Waals surface area contributed by atoms with Gasteiger partial charge in [-0.25, -0.2) is 9.78 Å².